The highest BCUT2D eigenvalue weighted by Crippen LogP contribution is 2.41. The molecule has 206 valence electrons. The Morgan fingerprint density at radius 2 is 1.82 bits per heavy atom. The molecule has 0 aliphatic carbocycles. The number of nitrogens with zero attached hydrogens (tertiary/aromatic N) is 3. The summed E-state index contributed by atoms with van der Waals surface area (Å²) >= 11 is 1.28. The Morgan fingerprint density at radius 3 is 2.46 bits per heavy atom. The first-order valence-electron chi connectivity index (χ1n) is 12.0. The number of furan rings is 1. The Balaban J connectivity index is 1.40. The van der Waals surface area contributed by atoms with Crippen LogP contribution in [0.3, 0.4) is 0 Å². The van der Waals surface area contributed by atoms with E-state index in [1.54, 1.807) is 31.4 Å². The maximum absolute atomic E-state index is 13.8. The van der Waals surface area contributed by atoms with Gasteiger partial charge in [-0.3, -0.25) is 9.69 Å². The van der Waals surface area contributed by atoms with Crippen molar-refractivity contribution in [2.45, 2.75) is 24.3 Å². The molecule has 4 aromatic rings. The Morgan fingerprint density at radius 1 is 1.10 bits per heavy atom. The number of benzene rings is 2. The SMILES string of the molecule is COc1ccc(OC)c2sc(N(Cc3ccco3)C(=O)C3CCN(S(=O)(=O)c4ccc(F)c(F)c4)CC3)nc12. The zero-order chi connectivity index (χ0) is 27.7. The molecule has 1 amide bonds. The molecule has 3 heterocycles. The number of sulfonamides is 1. The number of amides is 1. The molecule has 0 spiro atoms. The molecule has 1 aliphatic rings. The van der Waals surface area contributed by atoms with Gasteiger partial charge in [-0.1, -0.05) is 11.3 Å². The van der Waals surface area contributed by atoms with Crippen LogP contribution in [0.5, 0.6) is 11.5 Å². The number of thiazole rings is 1. The number of methoxy groups -OCH3 is 2. The fourth-order valence-corrected chi connectivity index (χ4v) is 7.10. The number of rotatable bonds is 8. The molecule has 0 atom stereocenters. The minimum absolute atomic E-state index is 0.0494. The van der Waals surface area contributed by atoms with Gasteiger partial charge in [0, 0.05) is 19.0 Å². The van der Waals surface area contributed by atoms with E-state index >= 15 is 0 Å². The van der Waals surface area contributed by atoms with Crippen LogP contribution in [0.25, 0.3) is 10.2 Å². The first-order valence-corrected chi connectivity index (χ1v) is 14.3. The first kappa shape index (κ1) is 27.0. The van der Waals surface area contributed by atoms with Crippen LogP contribution in [0.15, 0.2) is 58.0 Å². The van der Waals surface area contributed by atoms with Crippen LogP contribution in [0.2, 0.25) is 0 Å². The number of fused-ring (bicyclic) bond motifs is 1. The van der Waals surface area contributed by atoms with Gasteiger partial charge in [-0.05, 0) is 55.3 Å². The third kappa shape index (κ3) is 5.21. The molecule has 9 nitrogen and oxygen atoms in total. The van der Waals surface area contributed by atoms with Crippen LogP contribution in [-0.2, 0) is 21.4 Å². The Bertz CT molecular complexity index is 1560. The summed E-state index contributed by atoms with van der Waals surface area (Å²) in [6.07, 6.45) is 2.01. The van der Waals surface area contributed by atoms with Gasteiger partial charge >= 0.3 is 0 Å². The molecule has 0 saturated carbocycles. The molecule has 0 radical (unpaired) electrons. The van der Waals surface area contributed by atoms with Crippen LogP contribution in [0, 0.1) is 17.6 Å². The summed E-state index contributed by atoms with van der Waals surface area (Å²) in [5, 5.41) is 0.422. The maximum atomic E-state index is 13.8. The van der Waals surface area contributed by atoms with Crippen molar-refractivity contribution in [1.29, 1.82) is 0 Å². The number of halogens is 2. The van der Waals surface area contributed by atoms with Gasteiger partial charge in [0.2, 0.25) is 15.9 Å². The number of carbonyl (C=O) groups excluding carboxylic acids is 1. The fraction of sp³-hybridized carbons (Fsp3) is 0.308. The number of hydrogen-bond donors (Lipinski definition) is 0. The van der Waals surface area contributed by atoms with Gasteiger partial charge in [-0.15, -0.1) is 0 Å². The fourth-order valence-electron chi connectivity index (χ4n) is 4.54. The number of ether oxygens (including phenoxy) is 2. The smallest absolute Gasteiger partial charge is 0.243 e. The molecule has 1 fully saturated rings. The number of hydrogen-bond acceptors (Lipinski definition) is 8. The summed E-state index contributed by atoms with van der Waals surface area (Å²) in [5.74, 6) is -1.40. The summed E-state index contributed by atoms with van der Waals surface area (Å²) in [6, 6.07) is 9.48. The molecule has 0 N–H and O–H groups in total. The number of anilines is 1. The van der Waals surface area contributed by atoms with E-state index in [0.717, 1.165) is 16.8 Å². The minimum Gasteiger partial charge on any atom is -0.495 e. The largest absolute Gasteiger partial charge is 0.495 e. The Hall–Kier alpha value is -3.55. The van der Waals surface area contributed by atoms with E-state index in [0.29, 0.717) is 34.0 Å². The van der Waals surface area contributed by atoms with Gasteiger partial charge in [0.15, 0.2) is 16.8 Å². The molecule has 2 aromatic heterocycles. The lowest BCUT2D eigenvalue weighted by atomic mass is 9.96. The predicted octanol–water partition coefficient (Wildman–Crippen LogP) is 4.82. The van der Waals surface area contributed by atoms with Crippen molar-refractivity contribution in [3.63, 3.8) is 0 Å². The van der Waals surface area contributed by atoms with Gasteiger partial charge in [0.25, 0.3) is 0 Å². The summed E-state index contributed by atoms with van der Waals surface area (Å²) in [4.78, 5) is 19.8. The molecular weight excluding hydrogens is 552 g/mol. The summed E-state index contributed by atoms with van der Waals surface area (Å²) < 4.78 is 71.4. The average molecular weight is 578 g/mol. The Kier molecular flexibility index (Phi) is 7.56. The van der Waals surface area contributed by atoms with E-state index in [-0.39, 0.29) is 43.3 Å². The van der Waals surface area contributed by atoms with E-state index in [2.05, 4.69) is 0 Å². The number of piperidine rings is 1. The third-order valence-electron chi connectivity index (χ3n) is 6.62. The zero-order valence-corrected chi connectivity index (χ0v) is 22.7. The lowest BCUT2D eigenvalue weighted by Gasteiger charge is -2.32. The monoisotopic (exact) mass is 577 g/mol. The number of carbonyl (C=O) groups is 1. The van der Waals surface area contributed by atoms with E-state index < -0.39 is 27.6 Å². The second-order valence-corrected chi connectivity index (χ2v) is 11.8. The van der Waals surface area contributed by atoms with E-state index in [1.807, 2.05) is 0 Å². The highest BCUT2D eigenvalue weighted by atomic mass is 32.2. The van der Waals surface area contributed by atoms with E-state index in [9.17, 15) is 22.0 Å². The molecule has 2 aromatic carbocycles. The predicted molar refractivity (Wildman–Crippen MR) is 140 cm³/mol. The van der Waals surface area contributed by atoms with Crippen molar-refractivity contribution >= 4 is 42.6 Å². The molecule has 5 rings (SSSR count). The van der Waals surface area contributed by atoms with Crippen LogP contribution in [-0.4, -0.2) is 50.9 Å². The van der Waals surface area contributed by atoms with Crippen molar-refractivity contribution in [2.75, 3.05) is 32.2 Å². The van der Waals surface area contributed by atoms with E-state index in [4.69, 9.17) is 18.9 Å². The van der Waals surface area contributed by atoms with Crippen molar-refractivity contribution in [3.05, 3.63) is 66.1 Å². The lowest BCUT2D eigenvalue weighted by Crippen LogP contribution is -2.44. The van der Waals surface area contributed by atoms with Crippen molar-refractivity contribution in [3.8, 4) is 11.5 Å². The minimum atomic E-state index is -4.05. The highest BCUT2D eigenvalue weighted by molar-refractivity contribution is 7.89. The second kappa shape index (κ2) is 10.9. The number of aromatic nitrogens is 1. The topological polar surface area (TPSA) is 102 Å². The summed E-state index contributed by atoms with van der Waals surface area (Å²) in [7, 11) is -0.962. The van der Waals surface area contributed by atoms with Gasteiger partial charge < -0.3 is 13.9 Å². The molecule has 39 heavy (non-hydrogen) atoms. The molecule has 1 saturated heterocycles. The quantitative estimate of drug-likeness (QED) is 0.296. The van der Waals surface area contributed by atoms with Crippen molar-refractivity contribution in [1.82, 2.24) is 9.29 Å². The standard InChI is InChI=1S/C26H25F2N3O6S2/c1-35-21-7-8-22(36-2)24-23(21)29-26(38-24)31(15-17-4-3-13-37-17)25(32)16-9-11-30(12-10-16)39(33,34)18-5-6-19(27)20(28)14-18/h3-8,13-14,16H,9-12,15H2,1-2H3. The van der Waals surface area contributed by atoms with Gasteiger partial charge in [-0.25, -0.2) is 22.2 Å². The Labute approximate surface area is 227 Å². The zero-order valence-electron chi connectivity index (χ0n) is 21.1. The lowest BCUT2D eigenvalue weighted by molar-refractivity contribution is -0.123. The van der Waals surface area contributed by atoms with Crippen LogP contribution in [0.1, 0.15) is 18.6 Å². The molecular formula is C26H25F2N3O6S2. The maximum Gasteiger partial charge on any atom is 0.243 e. The molecule has 0 unspecified atom stereocenters. The van der Waals surface area contributed by atoms with Crippen LogP contribution >= 0.6 is 11.3 Å². The van der Waals surface area contributed by atoms with Gasteiger partial charge in [0.05, 0.1) is 31.9 Å². The van der Waals surface area contributed by atoms with Gasteiger partial charge in [-0.2, -0.15) is 4.31 Å². The first-order chi connectivity index (χ1) is 18.7. The normalized spacial score (nSPS) is 15.0. The van der Waals surface area contributed by atoms with Crippen LogP contribution < -0.4 is 14.4 Å². The molecule has 1 aliphatic heterocycles. The van der Waals surface area contributed by atoms with Crippen molar-refractivity contribution < 1.29 is 35.9 Å². The molecule has 13 heteroatoms. The highest BCUT2D eigenvalue weighted by Gasteiger charge is 2.36. The van der Waals surface area contributed by atoms with Gasteiger partial charge in [0.1, 0.15) is 27.5 Å². The second-order valence-electron chi connectivity index (χ2n) is 8.90. The summed E-state index contributed by atoms with van der Waals surface area (Å²) in [6.45, 7) is 0.227. The van der Waals surface area contributed by atoms with E-state index in [1.165, 1.54) is 33.9 Å². The van der Waals surface area contributed by atoms with Crippen molar-refractivity contribution in [2.24, 2.45) is 5.92 Å². The summed E-state index contributed by atoms with van der Waals surface area (Å²) in [5.41, 5.74) is 0.557. The molecule has 0 bridgehead atoms. The van der Waals surface area contributed by atoms with Crippen LogP contribution in [0.4, 0.5) is 13.9 Å². The third-order valence-corrected chi connectivity index (χ3v) is 9.61. The average Bonchev–Trinajstić information content (AvgIpc) is 3.62.